The third-order valence-electron chi connectivity index (χ3n) is 1.46. The van der Waals surface area contributed by atoms with Gasteiger partial charge in [-0.25, -0.2) is 9.48 Å². The molecule has 5 nitrogen and oxygen atoms in total. The number of hydrogen-bond donors (Lipinski definition) is 2. The highest BCUT2D eigenvalue weighted by atomic mass is 79.9. The topological polar surface area (TPSA) is 67.2 Å². The first-order valence-corrected chi connectivity index (χ1v) is 4.94. The van der Waals surface area contributed by atoms with Gasteiger partial charge < -0.3 is 5.11 Å². The minimum absolute atomic E-state index is 0.508. The molecule has 0 unspecified atom stereocenters. The Morgan fingerprint density at radius 2 is 2.54 bits per heavy atom. The van der Waals surface area contributed by atoms with E-state index in [-0.39, 0.29) is 0 Å². The van der Waals surface area contributed by atoms with Gasteiger partial charge in [0.25, 0.3) is 0 Å². The van der Waals surface area contributed by atoms with Gasteiger partial charge in [0.2, 0.25) is 0 Å². The smallest absolute Gasteiger partial charge is 0.410 e. The lowest BCUT2D eigenvalue weighted by Crippen LogP contribution is -2.13. The fourth-order valence-corrected chi connectivity index (χ4v) is 1.19. The van der Waals surface area contributed by atoms with Crippen molar-refractivity contribution in [1.82, 2.24) is 9.78 Å². The molecule has 0 saturated heterocycles. The Hall–Kier alpha value is -1.04. The fourth-order valence-electron chi connectivity index (χ4n) is 0.936. The highest BCUT2D eigenvalue weighted by molar-refractivity contribution is 9.09. The van der Waals surface area contributed by atoms with Crippen molar-refractivity contribution in [1.29, 1.82) is 0 Å². The quantitative estimate of drug-likeness (QED) is 0.797. The second-order valence-corrected chi connectivity index (χ2v) is 3.21. The van der Waals surface area contributed by atoms with Gasteiger partial charge in [-0.15, -0.1) is 0 Å². The number of nitrogens with one attached hydrogen (secondary N) is 1. The summed E-state index contributed by atoms with van der Waals surface area (Å²) in [6.07, 6.45) is 1.41. The molecule has 2 N–H and O–H groups in total. The summed E-state index contributed by atoms with van der Waals surface area (Å²) in [5, 5.41) is 15.6. The summed E-state index contributed by atoms with van der Waals surface area (Å²) in [6.45, 7) is 0.702. The average Bonchev–Trinajstić information content (AvgIpc) is 2.48. The third kappa shape index (κ3) is 3.06. The van der Waals surface area contributed by atoms with Crippen LogP contribution >= 0.6 is 15.9 Å². The Morgan fingerprint density at radius 3 is 3.15 bits per heavy atom. The van der Waals surface area contributed by atoms with Crippen LogP contribution in [0.15, 0.2) is 12.3 Å². The third-order valence-corrected chi connectivity index (χ3v) is 2.02. The molecule has 13 heavy (non-hydrogen) atoms. The molecule has 0 atom stereocenters. The molecule has 0 fully saturated rings. The molecule has 0 saturated carbocycles. The number of aryl methyl sites for hydroxylation is 1. The molecular formula is C7H10BrN3O2. The molecule has 0 aromatic carbocycles. The van der Waals surface area contributed by atoms with Crippen LogP contribution < -0.4 is 5.32 Å². The molecule has 0 aliphatic carbocycles. The molecule has 0 aliphatic rings. The Morgan fingerprint density at radius 1 is 1.77 bits per heavy atom. The molecular weight excluding hydrogens is 238 g/mol. The van der Waals surface area contributed by atoms with Gasteiger partial charge in [-0.05, 0) is 6.42 Å². The van der Waals surface area contributed by atoms with Gasteiger partial charge in [0.05, 0.1) is 6.20 Å². The van der Waals surface area contributed by atoms with Crippen LogP contribution in [-0.4, -0.2) is 26.3 Å². The summed E-state index contributed by atoms with van der Waals surface area (Å²) >= 11 is 3.29. The number of anilines is 1. The maximum Gasteiger partial charge on any atom is 0.410 e. The number of halogens is 1. The lowest BCUT2D eigenvalue weighted by atomic mass is 10.5. The highest BCUT2D eigenvalue weighted by Gasteiger charge is 2.03. The summed E-state index contributed by atoms with van der Waals surface area (Å²) in [5.74, 6) is 0.508. The van der Waals surface area contributed by atoms with E-state index in [0.29, 0.717) is 12.4 Å². The minimum Gasteiger partial charge on any atom is -0.465 e. The molecule has 72 valence electrons. The van der Waals surface area contributed by atoms with Crippen LogP contribution in [0.4, 0.5) is 10.6 Å². The molecule has 1 rings (SSSR count). The lowest BCUT2D eigenvalue weighted by Gasteiger charge is -2.04. The summed E-state index contributed by atoms with van der Waals surface area (Å²) < 4.78 is 1.62. The first kappa shape index (κ1) is 10.0. The fraction of sp³-hybridized carbons (Fsp3) is 0.429. The van der Waals surface area contributed by atoms with E-state index in [1.807, 2.05) is 0 Å². The van der Waals surface area contributed by atoms with Crippen molar-refractivity contribution in [3.63, 3.8) is 0 Å². The summed E-state index contributed by atoms with van der Waals surface area (Å²) in [7, 11) is 0. The van der Waals surface area contributed by atoms with Crippen molar-refractivity contribution in [3.8, 4) is 0 Å². The van der Waals surface area contributed by atoms with Gasteiger partial charge in [-0.3, -0.25) is 5.32 Å². The zero-order chi connectivity index (χ0) is 9.68. The van der Waals surface area contributed by atoms with Crippen LogP contribution in [0.5, 0.6) is 0 Å². The Labute approximate surface area is 83.9 Å². The Kier molecular flexibility index (Phi) is 3.75. The van der Waals surface area contributed by atoms with E-state index in [9.17, 15) is 4.79 Å². The van der Waals surface area contributed by atoms with E-state index >= 15 is 0 Å². The molecule has 6 heteroatoms. The van der Waals surface area contributed by atoms with Crippen LogP contribution in [0, 0.1) is 0 Å². The number of rotatable bonds is 4. The van der Waals surface area contributed by atoms with E-state index in [1.165, 1.54) is 0 Å². The molecule has 1 amide bonds. The molecule has 1 aromatic rings. The highest BCUT2D eigenvalue weighted by Crippen LogP contribution is 2.06. The number of alkyl halides is 1. The predicted octanol–water partition coefficient (Wildman–Crippen LogP) is 1.76. The maximum atomic E-state index is 10.3. The van der Waals surface area contributed by atoms with Gasteiger partial charge in [-0.2, -0.15) is 5.10 Å². The Bertz CT molecular complexity index is 287. The van der Waals surface area contributed by atoms with Crippen molar-refractivity contribution < 1.29 is 9.90 Å². The number of nitrogens with zero attached hydrogens (tertiary/aromatic N) is 2. The lowest BCUT2D eigenvalue weighted by molar-refractivity contribution is 0.209. The molecule has 0 radical (unpaired) electrons. The largest absolute Gasteiger partial charge is 0.465 e. The second kappa shape index (κ2) is 4.86. The normalized spacial score (nSPS) is 9.92. The van der Waals surface area contributed by atoms with E-state index in [4.69, 9.17) is 5.11 Å². The van der Waals surface area contributed by atoms with Crippen molar-refractivity contribution in [2.75, 3.05) is 10.6 Å². The first-order chi connectivity index (χ1) is 6.24. The van der Waals surface area contributed by atoms with Gasteiger partial charge in [-0.1, -0.05) is 15.9 Å². The van der Waals surface area contributed by atoms with Crippen LogP contribution in [-0.2, 0) is 6.54 Å². The monoisotopic (exact) mass is 247 g/mol. The molecule has 0 aliphatic heterocycles. The second-order valence-electron chi connectivity index (χ2n) is 2.41. The number of aromatic nitrogens is 2. The summed E-state index contributed by atoms with van der Waals surface area (Å²) in [6, 6.07) is 1.63. The molecule has 0 bridgehead atoms. The number of carboxylic acid groups (broad SMARTS) is 1. The van der Waals surface area contributed by atoms with Crippen LogP contribution in [0.1, 0.15) is 6.42 Å². The van der Waals surface area contributed by atoms with Crippen LogP contribution in [0.25, 0.3) is 0 Å². The summed E-state index contributed by atoms with van der Waals surface area (Å²) in [5.41, 5.74) is 0. The van der Waals surface area contributed by atoms with E-state index in [2.05, 4.69) is 26.3 Å². The van der Waals surface area contributed by atoms with Gasteiger partial charge in [0.1, 0.15) is 5.82 Å². The van der Waals surface area contributed by atoms with Gasteiger partial charge in [0, 0.05) is 17.9 Å². The zero-order valence-corrected chi connectivity index (χ0v) is 8.49. The molecule has 1 aromatic heterocycles. The SMILES string of the molecule is O=C(O)Nc1ccnn1CCCBr. The first-order valence-electron chi connectivity index (χ1n) is 3.82. The zero-order valence-electron chi connectivity index (χ0n) is 6.90. The maximum absolute atomic E-state index is 10.3. The van der Waals surface area contributed by atoms with Crippen LogP contribution in [0.3, 0.4) is 0 Å². The van der Waals surface area contributed by atoms with Crippen LogP contribution in [0.2, 0.25) is 0 Å². The van der Waals surface area contributed by atoms with E-state index < -0.39 is 6.09 Å². The number of hydrogen-bond acceptors (Lipinski definition) is 2. The van der Waals surface area contributed by atoms with E-state index in [1.54, 1.807) is 16.9 Å². The van der Waals surface area contributed by atoms with Crippen molar-refractivity contribution in [2.24, 2.45) is 0 Å². The number of carbonyl (C=O) groups is 1. The summed E-state index contributed by atoms with van der Waals surface area (Å²) in [4.78, 5) is 10.3. The van der Waals surface area contributed by atoms with Gasteiger partial charge in [0.15, 0.2) is 0 Å². The molecule has 0 spiro atoms. The van der Waals surface area contributed by atoms with Crippen molar-refractivity contribution in [2.45, 2.75) is 13.0 Å². The predicted molar refractivity (Wildman–Crippen MR) is 52.3 cm³/mol. The number of amides is 1. The minimum atomic E-state index is -1.07. The van der Waals surface area contributed by atoms with E-state index in [0.717, 1.165) is 11.8 Å². The van der Waals surface area contributed by atoms with Crippen molar-refractivity contribution >= 4 is 27.8 Å². The standard InChI is InChI=1S/C7H10BrN3O2/c8-3-1-5-11-6(2-4-9-11)10-7(12)13/h2,4,10H,1,3,5H2,(H,12,13). The molecule has 1 heterocycles. The average molecular weight is 248 g/mol. The van der Waals surface area contributed by atoms with Crippen molar-refractivity contribution in [3.05, 3.63) is 12.3 Å². The van der Waals surface area contributed by atoms with Gasteiger partial charge >= 0.3 is 6.09 Å². The Balaban J connectivity index is 2.60.